The molecule has 0 aliphatic carbocycles. The van der Waals surface area contributed by atoms with Crippen LogP contribution >= 0.6 is 12.2 Å². The first kappa shape index (κ1) is 15.7. The number of thiocarbonyl (C=S) groups is 1. The molecule has 0 aromatic carbocycles. The molecule has 0 saturated carbocycles. The van der Waals surface area contributed by atoms with E-state index in [1.807, 2.05) is 11.9 Å². The van der Waals surface area contributed by atoms with E-state index in [0.29, 0.717) is 44.6 Å². The van der Waals surface area contributed by atoms with E-state index < -0.39 is 0 Å². The van der Waals surface area contributed by atoms with Gasteiger partial charge < -0.3 is 19.9 Å². The van der Waals surface area contributed by atoms with E-state index in [-0.39, 0.29) is 0 Å². The Morgan fingerprint density at radius 3 is 2.25 bits per heavy atom. The summed E-state index contributed by atoms with van der Waals surface area (Å²) in [5.41, 5.74) is 5.41. The van der Waals surface area contributed by atoms with Crippen LogP contribution in [0.1, 0.15) is 0 Å². The van der Waals surface area contributed by atoms with Crippen molar-refractivity contribution in [1.29, 1.82) is 0 Å². The number of ether oxygens (including phenoxy) is 3. The van der Waals surface area contributed by atoms with Crippen molar-refractivity contribution in [3.63, 3.8) is 0 Å². The molecule has 2 N–H and O–H groups in total. The van der Waals surface area contributed by atoms with Gasteiger partial charge in [-0.25, -0.2) is 0 Å². The molecule has 0 rings (SSSR count). The summed E-state index contributed by atoms with van der Waals surface area (Å²) >= 11 is 4.80. The highest BCUT2D eigenvalue weighted by atomic mass is 32.1. The quantitative estimate of drug-likeness (QED) is 0.408. The maximum Gasteiger partial charge on any atom is 0.0869 e. The molecule has 0 unspecified atom stereocenters. The lowest BCUT2D eigenvalue weighted by Crippen LogP contribution is -2.32. The number of hydrogen-bond donors (Lipinski definition) is 1. The topological polar surface area (TPSA) is 57.0 Å². The van der Waals surface area contributed by atoms with Gasteiger partial charge in [0.2, 0.25) is 0 Å². The molecule has 0 saturated heterocycles. The highest BCUT2D eigenvalue weighted by molar-refractivity contribution is 7.80. The first-order valence-corrected chi connectivity index (χ1v) is 5.69. The van der Waals surface area contributed by atoms with Crippen LogP contribution < -0.4 is 5.73 Å². The Kier molecular flexibility index (Phi) is 11.0. The third-order valence-corrected chi connectivity index (χ3v) is 1.98. The van der Waals surface area contributed by atoms with Crippen molar-refractivity contribution in [1.82, 2.24) is 4.90 Å². The van der Waals surface area contributed by atoms with Gasteiger partial charge >= 0.3 is 0 Å². The van der Waals surface area contributed by atoms with E-state index in [2.05, 4.69) is 0 Å². The fraction of sp³-hybridized carbons (Fsp3) is 0.900. The molecule has 96 valence electrons. The van der Waals surface area contributed by atoms with Crippen molar-refractivity contribution in [3.05, 3.63) is 0 Å². The van der Waals surface area contributed by atoms with Crippen molar-refractivity contribution in [2.75, 3.05) is 60.3 Å². The SMILES string of the molecule is COCCOCCOCCN(C)CC(N)=S. The first-order valence-electron chi connectivity index (χ1n) is 5.28. The lowest BCUT2D eigenvalue weighted by molar-refractivity contribution is 0.0215. The van der Waals surface area contributed by atoms with Gasteiger partial charge in [-0.3, -0.25) is 4.90 Å². The zero-order valence-electron chi connectivity index (χ0n) is 10.1. The molecule has 0 radical (unpaired) electrons. The molecule has 0 amide bonds. The summed E-state index contributed by atoms with van der Waals surface area (Å²) in [4.78, 5) is 2.53. The largest absolute Gasteiger partial charge is 0.392 e. The second kappa shape index (κ2) is 11.2. The van der Waals surface area contributed by atoms with Gasteiger partial charge in [0.25, 0.3) is 0 Å². The lowest BCUT2D eigenvalue weighted by atomic mass is 10.5. The maximum atomic E-state index is 5.41. The minimum Gasteiger partial charge on any atom is -0.392 e. The smallest absolute Gasteiger partial charge is 0.0869 e. The average molecular weight is 250 g/mol. The summed E-state index contributed by atoms with van der Waals surface area (Å²) in [5, 5.41) is 0. The second-order valence-electron chi connectivity index (χ2n) is 3.42. The molecule has 6 heteroatoms. The molecule has 0 aromatic heterocycles. The van der Waals surface area contributed by atoms with Crippen LogP contribution in [0.4, 0.5) is 0 Å². The Morgan fingerprint density at radius 2 is 1.69 bits per heavy atom. The number of nitrogens with two attached hydrogens (primary N) is 1. The molecule has 0 spiro atoms. The standard InChI is InChI=1S/C10H22N2O3S/c1-12(9-10(11)16)3-4-14-7-8-15-6-5-13-2/h3-9H2,1-2H3,(H2,11,16). The average Bonchev–Trinajstić information content (AvgIpc) is 2.21. The molecule has 0 fully saturated rings. The highest BCUT2D eigenvalue weighted by Crippen LogP contribution is 1.85. The normalized spacial score (nSPS) is 10.9. The molecule has 5 nitrogen and oxygen atoms in total. The molecule has 0 bridgehead atoms. The zero-order chi connectivity index (χ0) is 12.2. The van der Waals surface area contributed by atoms with Crippen molar-refractivity contribution in [2.45, 2.75) is 0 Å². The van der Waals surface area contributed by atoms with Gasteiger partial charge in [0, 0.05) is 20.2 Å². The van der Waals surface area contributed by atoms with E-state index in [1.165, 1.54) is 0 Å². The number of rotatable bonds is 11. The van der Waals surface area contributed by atoms with Crippen LogP contribution in [0.3, 0.4) is 0 Å². The van der Waals surface area contributed by atoms with E-state index in [4.69, 9.17) is 32.2 Å². The van der Waals surface area contributed by atoms with Crippen molar-refractivity contribution < 1.29 is 14.2 Å². The van der Waals surface area contributed by atoms with Crippen molar-refractivity contribution in [3.8, 4) is 0 Å². The van der Waals surface area contributed by atoms with E-state index in [9.17, 15) is 0 Å². The lowest BCUT2D eigenvalue weighted by Gasteiger charge is -2.15. The minimum atomic E-state index is 0.505. The Balaban J connectivity index is 3.11. The van der Waals surface area contributed by atoms with Crippen LogP contribution in [0.5, 0.6) is 0 Å². The van der Waals surface area contributed by atoms with Gasteiger partial charge in [-0.15, -0.1) is 0 Å². The molecular weight excluding hydrogens is 228 g/mol. The summed E-state index contributed by atoms with van der Waals surface area (Å²) in [5.74, 6) is 0. The van der Waals surface area contributed by atoms with Crippen LogP contribution in [-0.2, 0) is 14.2 Å². The predicted molar refractivity (Wildman–Crippen MR) is 67.8 cm³/mol. The maximum absolute atomic E-state index is 5.41. The van der Waals surface area contributed by atoms with Gasteiger partial charge in [0.1, 0.15) is 0 Å². The molecule has 0 aliphatic heterocycles. The predicted octanol–water partition coefficient (Wildman–Crippen LogP) is -0.116. The minimum absolute atomic E-state index is 0.505. The molecule has 16 heavy (non-hydrogen) atoms. The van der Waals surface area contributed by atoms with Crippen LogP contribution in [-0.4, -0.2) is 70.2 Å². The fourth-order valence-corrected chi connectivity index (χ4v) is 1.25. The third kappa shape index (κ3) is 11.8. The monoisotopic (exact) mass is 250 g/mol. The highest BCUT2D eigenvalue weighted by Gasteiger charge is 1.99. The van der Waals surface area contributed by atoms with E-state index >= 15 is 0 Å². The molecular formula is C10H22N2O3S. The summed E-state index contributed by atoms with van der Waals surface area (Å²) in [6.07, 6.45) is 0. The van der Waals surface area contributed by atoms with Crippen molar-refractivity contribution in [2.24, 2.45) is 5.73 Å². The van der Waals surface area contributed by atoms with Crippen LogP contribution in [0, 0.1) is 0 Å². The number of nitrogens with zero attached hydrogens (tertiary/aromatic N) is 1. The Morgan fingerprint density at radius 1 is 1.12 bits per heavy atom. The van der Waals surface area contributed by atoms with Gasteiger partial charge in [-0.2, -0.15) is 0 Å². The van der Waals surface area contributed by atoms with Gasteiger partial charge in [0.15, 0.2) is 0 Å². The van der Waals surface area contributed by atoms with Crippen LogP contribution in [0.15, 0.2) is 0 Å². The summed E-state index contributed by atoms with van der Waals surface area (Å²) in [6, 6.07) is 0. The molecule has 0 aliphatic rings. The van der Waals surface area contributed by atoms with E-state index in [0.717, 1.165) is 6.54 Å². The number of likely N-dealkylation sites (N-methyl/N-ethyl adjacent to an activating group) is 1. The Labute approximate surface area is 103 Å². The van der Waals surface area contributed by atoms with Crippen LogP contribution in [0.2, 0.25) is 0 Å². The first-order chi connectivity index (χ1) is 7.66. The Bertz CT molecular complexity index is 181. The van der Waals surface area contributed by atoms with Gasteiger partial charge in [-0.05, 0) is 7.05 Å². The zero-order valence-corrected chi connectivity index (χ0v) is 10.9. The number of hydrogen-bond acceptors (Lipinski definition) is 5. The fourth-order valence-electron chi connectivity index (χ4n) is 1.03. The van der Waals surface area contributed by atoms with Gasteiger partial charge in [0.05, 0.1) is 38.0 Å². The van der Waals surface area contributed by atoms with Crippen molar-refractivity contribution >= 4 is 17.2 Å². The summed E-state index contributed by atoms with van der Waals surface area (Å²) in [6.45, 7) is 4.54. The third-order valence-electron chi connectivity index (χ3n) is 1.85. The van der Waals surface area contributed by atoms with Gasteiger partial charge in [-0.1, -0.05) is 12.2 Å². The second-order valence-corrected chi connectivity index (χ2v) is 3.95. The molecule has 0 heterocycles. The van der Waals surface area contributed by atoms with Crippen LogP contribution in [0.25, 0.3) is 0 Å². The summed E-state index contributed by atoms with van der Waals surface area (Å²) < 4.78 is 15.5. The molecule has 0 atom stereocenters. The summed E-state index contributed by atoms with van der Waals surface area (Å²) in [7, 11) is 3.61. The number of methoxy groups -OCH3 is 1. The van der Waals surface area contributed by atoms with E-state index in [1.54, 1.807) is 7.11 Å². The molecule has 0 aromatic rings. The Hall–Kier alpha value is -0.270.